The summed E-state index contributed by atoms with van der Waals surface area (Å²) in [6.07, 6.45) is 4.12. The Labute approximate surface area is 118 Å². The Balaban J connectivity index is 2.12. The van der Waals surface area contributed by atoms with Crippen molar-refractivity contribution in [2.24, 2.45) is 5.73 Å². The van der Waals surface area contributed by atoms with E-state index in [9.17, 15) is 14.7 Å². The van der Waals surface area contributed by atoms with Gasteiger partial charge < -0.3 is 16.2 Å². The van der Waals surface area contributed by atoms with Gasteiger partial charge >= 0.3 is 5.97 Å². The molecular weight excluding hydrogens is 256 g/mol. The van der Waals surface area contributed by atoms with Gasteiger partial charge in [-0.25, -0.2) is 4.79 Å². The highest BCUT2D eigenvalue weighted by molar-refractivity contribution is 5.90. The molecular formula is C15H20N2O3. The van der Waals surface area contributed by atoms with E-state index in [1.165, 1.54) is 0 Å². The van der Waals surface area contributed by atoms with E-state index in [1.807, 2.05) is 0 Å². The number of carboxylic acid groups (broad SMARTS) is 1. The maximum atomic E-state index is 12.3. The molecule has 1 fully saturated rings. The molecule has 0 unspecified atom stereocenters. The summed E-state index contributed by atoms with van der Waals surface area (Å²) in [7, 11) is 0. The first kappa shape index (κ1) is 14.5. The molecule has 0 aromatic heterocycles. The molecule has 1 amide bonds. The van der Waals surface area contributed by atoms with Crippen molar-refractivity contribution in [3.63, 3.8) is 0 Å². The third kappa shape index (κ3) is 3.17. The molecule has 0 radical (unpaired) electrons. The van der Waals surface area contributed by atoms with E-state index in [-0.39, 0.29) is 5.91 Å². The van der Waals surface area contributed by atoms with E-state index in [1.54, 1.807) is 30.3 Å². The molecule has 1 aliphatic carbocycles. The van der Waals surface area contributed by atoms with E-state index in [2.05, 4.69) is 5.32 Å². The minimum atomic E-state index is -1.08. The minimum absolute atomic E-state index is 0.367. The Bertz CT molecular complexity index is 481. The van der Waals surface area contributed by atoms with Gasteiger partial charge in [-0.2, -0.15) is 0 Å². The molecule has 0 heterocycles. The van der Waals surface area contributed by atoms with E-state index in [0.29, 0.717) is 18.4 Å². The first-order valence-electron chi connectivity index (χ1n) is 6.90. The molecule has 20 heavy (non-hydrogen) atoms. The van der Waals surface area contributed by atoms with Crippen LogP contribution in [0.2, 0.25) is 0 Å². The molecule has 1 saturated carbocycles. The topological polar surface area (TPSA) is 92.4 Å². The van der Waals surface area contributed by atoms with Crippen molar-refractivity contribution >= 4 is 11.9 Å². The number of nitrogens with one attached hydrogen (secondary N) is 1. The molecule has 1 atom stereocenters. The number of hydrogen-bond donors (Lipinski definition) is 3. The quantitative estimate of drug-likeness (QED) is 0.778. The van der Waals surface area contributed by atoms with Crippen LogP contribution in [0.15, 0.2) is 30.3 Å². The van der Waals surface area contributed by atoms with Crippen LogP contribution in [0.3, 0.4) is 0 Å². The number of nitrogens with two attached hydrogens (primary N) is 1. The lowest BCUT2D eigenvalue weighted by molar-refractivity contribution is -0.143. The second-order valence-electron chi connectivity index (χ2n) is 5.37. The molecule has 4 N–H and O–H groups in total. The van der Waals surface area contributed by atoms with Gasteiger partial charge in [0.05, 0.1) is 5.54 Å². The normalized spacial score (nSPS) is 19.1. The Morgan fingerprint density at radius 3 is 2.30 bits per heavy atom. The highest BCUT2D eigenvalue weighted by atomic mass is 16.4. The Kier molecular flexibility index (Phi) is 4.39. The molecule has 0 spiro atoms. The summed E-state index contributed by atoms with van der Waals surface area (Å²) >= 11 is 0. The number of carbonyl (C=O) groups excluding carboxylic acids is 1. The van der Waals surface area contributed by atoms with Crippen molar-refractivity contribution < 1.29 is 14.7 Å². The Morgan fingerprint density at radius 1 is 1.15 bits per heavy atom. The number of rotatable bonds is 4. The van der Waals surface area contributed by atoms with Gasteiger partial charge in [-0.05, 0) is 18.4 Å². The summed E-state index contributed by atoms with van der Waals surface area (Å²) in [6.45, 7) is 0. The molecule has 5 heteroatoms. The van der Waals surface area contributed by atoms with Crippen LogP contribution in [-0.2, 0) is 9.59 Å². The van der Waals surface area contributed by atoms with E-state index in [4.69, 9.17) is 5.73 Å². The number of hydrogen-bond acceptors (Lipinski definition) is 3. The van der Waals surface area contributed by atoms with Crippen molar-refractivity contribution in [2.75, 3.05) is 0 Å². The predicted molar refractivity (Wildman–Crippen MR) is 75.0 cm³/mol. The second-order valence-corrected chi connectivity index (χ2v) is 5.37. The lowest BCUT2D eigenvalue weighted by Crippen LogP contribution is -2.56. The summed E-state index contributed by atoms with van der Waals surface area (Å²) in [4.78, 5) is 23.7. The van der Waals surface area contributed by atoms with Crippen LogP contribution in [0, 0.1) is 0 Å². The van der Waals surface area contributed by atoms with Gasteiger partial charge in [0.25, 0.3) is 0 Å². The van der Waals surface area contributed by atoms with Gasteiger partial charge in [0.1, 0.15) is 0 Å². The van der Waals surface area contributed by atoms with Crippen LogP contribution < -0.4 is 11.1 Å². The summed E-state index contributed by atoms with van der Waals surface area (Å²) in [5.74, 6) is -1.45. The standard InChI is InChI=1S/C15H20N2O3/c16-15(9-5-2-6-10-15)14(20)17-12(13(18)19)11-7-3-1-4-8-11/h1,3-4,7-8,12H,2,5-6,9-10,16H2,(H,17,20)(H,18,19)/t12-/m0/s1. The van der Waals surface area contributed by atoms with Gasteiger partial charge in [-0.1, -0.05) is 49.6 Å². The summed E-state index contributed by atoms with van der Waals surface area (Å²) in [5, 5.41) is 11.9. The first-order chi connectivity index (χ1) is 9.53. The van der Waals surface area contributed by atoms with Crippen LogP contribution in [-0.4, -0.2) is 22.5 Å². The molecule has 1 aromatic rings. The number of amides is 1. The fraction of sp³-hybridized carbons (Fsp3) is 0.467. The maximum Gasteiger partial charge on any atom is 0.330 e. The van der Waals surface area contributed by atoms with E-state index >= 15 is 0 Å². The van der Waals surface area contributed by atoms with E-state index < -0.39 is 17.6 Å². The van der Waals surface area contributed by atoms with Gasteiger partial charge in [0, 0.05) is 0 Å². The molecule has 2 rings (SSSR count). The molecule has 1 aliphatic rings. The number of carbonyl (C=O) groups is 2. The van der Waals surface area contributed by atoms with Crippen molar-refractivity contribution in [2.45, 2.75) is 43.7 Å². The van der Waals surface area contributed by atoms with Gasteiger partial charge in [-0.3, -0.25) is 4.79 Å². The number of carboxylic acids is 1. The smallest absolute Gasteiger partial charge is 0.330 e. The van der Waals surface area contributed by atoms with Crippen LogP contribution in [0.25, 0.3) is 0 Å². The lowest BCUT2D eigenvalue weighted by atomic mass is 9.81. The zero-order valence-corrected chi connectivity index (χ0v) is 11.3. The summed E-state index contributed by atoms with van der Waals surface area (Å²) in [5.41, 5.74) is 5.74. The van der Waals surface area contributed by atoms with Crippen LogP contribution >= 0.6 is 0 Å². The highest BCUT2D eigenvalue weighted by Gasteiger charge is 2.37. The SMILES string of the molecule is NC1(C(=O)N[C@H](C(=O)O)c2ccccc2)CCCCC1. The Morgan fingerprint density at radius 2 is 1.75 bits per heavy atom. The number of aliphatic carboxylic acids is 1. The zero-order valence-electron chi connectivity index (χ0n) is 11.3. The molecule has 0 saturated heterocycles. The zero-order chi connectivity index (χ0) is 14.6. The van der Waals surface area contributed by atoms with Crippen molar-refractivity contribution in [3.8, 4) is 0 Å². The monoisotopic (exact) mass is 276 g/mol. The fourth-order valence-corrected chi connectivity index (χ4v) is 2.62. The van der Waals surface area contributed by atoms with Crippen molar-refractivity contribution in [3.05, 3.63) is 35.9 Å². The van der Waals surface area contributed by atoms with Gasteiger partial charge in [0.15, 0.2) is 6.04 Å². The largest absolute Gasteiger partial charge is 0.479 e. The second kappa shape index (κ2) is 6.05. The average Bonchev–Trinajstić information content (AvgIpc) is 2.45. The van der Waals surface area contributed by atoms with Crippen molar-refractivity contribution in [1.82, 2.24) is 5.32 Å². The third-order valence-corrected chi connectivity index (χ3v) is 3.85. The van der Waals surface area contributed by atoms with Crippen molar-refractivity contribution in [1.29, 1.82) is 0 Å². The molecule has 1 aromatic carbocycles. The lowest BCUT2D eigenvalue weighted by Gasteiger charge is -2.33. The average molecular weight is 276 g/mol. The molecule has 0 bridgehead atoms. The highest BCUT2D eigenvalue weighted by Crippen LogP contribution is 2.27. The van der Waals surface area contributed by atoms with Crippen LogP contribution in [0.4, 0.5) is 0 Å². The third-order valence-electron chi connectivity index (χ3n) is 3.85. The molecule has 0 aliphatic heterocycles. The minimum Gasteiger partial charge on any atom is -0.479 e. The van der Waals surface area contributed by atoms with E-state index in [0.717, 1.165) is 19.3 Å². The predicted octanol–water partition coefficient (Wildman–Crippen LogP) is 1.59. The maximum absolute atomic E-state index is 12.3. The van der Waals surface area contributed by atoms with Gasteiger partial charge in [0.2, 0.25) is 5.91 Å². The fourth-order valence-electron chi connectivity index (χ4n) is 2.62. The Hall–Kier alpha value is -1.88. The van der Waals surface area contributed by atoms with Gasteiger partial charge in [-0.15, -0.1) is 0 Å². The molecule has 108 valence electrons. The number of benzene rings is 1. The summed E-state index contributed by atoms with van der Waals surface area (Å²) in [6, 6.07) is 7.61. The van der Waals surface area contributed by atoms with Crippen LogP contribution in [0.5, 0.6) is 0 Å². The summed E-state index contributed by atoms with van der Waals surface area (Å²) < 4.78 is 0. The first-order valence-corrected chi connectivity index (χ1v) is 6.90. The van der Waals surface area contributed by atoms with Crippen LogP contribution in [0.1, 0.15) is 43.7 Å². The molecule has 5 nitrogen and oxygen atoms in total.